The van der Waals surface area contributed by atoms with Gasteiger partial charge in [-0.3, -0.25) is 4.90 Å². The van der Waals surface area contributed by atoms with E-state index in [2.05, 4.69) is 77.7 Å². The molecule has 3 heteroatoms. The Bertz CT molecular complexity index is 815. The molecule has 1 unspecified atom stereocenters. The summed E-state index contributed by atoms with van der Waals surface area (Å²) in [5.74, 6) is 2.11. The predicted octanol–water partition coefficient (Wildman–Crippen LogP) is 4.84. The molecule has 3 aromatic rings. The number of ether oxygens (including phenoxy) is 1. The highest BCUT2D eigenvalue weighted by atomic mass is 32.2. The molecule has 1 heterocycles. The lowest BCUT2D eigenvalue weighted by molar-refractivity contribution is 0.282. The highest BCUT2D eigenvalue weighted by Crippen LogP contribution is 2.28. The zero-order valence-corrected chi connectivity index (χ0v) is 15.1. The summed E-state index contributed by atoms with van der Waals surface area (Å²) in [5, 5.41) is 2.99. The summed E-state index contributed by atoms with van der Waals surface area (Å²) < 4.78 is 6.17. The maximum absolute atomic E-state index is 6.17. The van der Waals surface area contributed by atoms with E-state index in [4.69, 9.17) is 4.74 Å². The molecule has 1 aliphatic heterocycles. The van der Waals surface area contributed by atoms with E-state index >= 15 is 0 Å². The van der Waals surface area contributed by atoms with Gasteiger partial charge in [-0.25, -0.2) is 0 Å². The molecule has 1 aliphatic rings. The van der Waals surface area contributed by atoms with Crippen LogP contribution in [0.25, 0.3) is 10.8 Å². The van der Waals surface area contributed by atoms with Crippen LogP contribution in [0, 0.1) is 0 Å². The van der Waals surface area contributed by atoms with E-state index in [1.165, 1.54) is 16.3 Å². The Labute approximate surface area is 153 Å². The van der Waals surface area contributed by atoms with Gasteiger partial charge >= 0.3 is 0 Å². The van der Waals surface area contributed by atoms with Crippen molar-refractivity contribution in [1.29, 1.82) is 0 Å². The molecule has 0 bridgehead atoms. The number of fused-ring (bicyclic) bond motifs is 1. The maximum Gasteiger partial charge on any atom is 0.127 e. The van der Waals surface area contributed by atoms with Crippen LogP contribution in [-0.4, -0.2) is 35.7 Å². The second-order valence-corrected chi connectivity index (χ2v) is 7.78. The maximum atomic E-state index is 6.17. The lowest BCUT2D eigenvalue weighted by Crippen LogP contribution is -2.27. The van der Waals surface area contributed by atoms with Crippen LogP contribution in [0.3, 0.4) is 0 Å². The Morgan fingerprint density at radius 3 is 2.64 bits per heavy atom. The van der Waals surface area contributed by atoms with Gasteiger partial charge < -0.3 is 4.74 Å². The first-order valence-electron chi connectivity index (χ1n) is 8.87. The van der Waals surface area contributed by atoms with Crippen molar-refractivity contribution in [3.05, 3.63) is 78.4 Å². The molecular formula is C22H23NOS. The molecule has 2 nitrogen and oxygen atoms in total. The number of nitrogens with zero attached hydrogens (tertiary/aromatic N) is 1. The molecule has 4 rings (SSSR count). The van der Waals surface area contributed by atoms with E-state index in [0.29, 0.717) is 5.25 Å². The third-order valence-corrected chi connectivity index (χ3v) is 5.96. The number of benzene rings is 3. The van der Waals surface area contributed by atoms with Crippen molar-refractivity contribution < 1.29 is 4.74 Å². The summed E-state index contributed by atoms with van der Waals surface area (Å²) in [7, 11) is 0. The summed E-state index contributed by atoms with van der Waals surface area (Å²) in [4.78, 5) is 2.54. The van der Waals surface area contributed by atoms with Gasteiger partial charge in [-0.2, -0.15) is 0 Å². The molecule has 25 heavy (non-hydrogen) atoms. The standard InChI is InChI=1S/C22H23NOS/c1-2-7-18(8-3-1)13-14-23-15-20(25-17-23)16-24-22-12-6-10-19-9-4-5-11-21(19)22/h1-12,20H,13-17H2. The average molecular weight is 349 g/mol. The Morgan fingerprint density at radius 1 is 0.920 bits per heavy atom. The number of thioether (sulfide) groups is 1. The van der Waals surface area contributed by atoms with Crippen LogP contribution in [0.1, 0.15) is 5.56 Å². The average Bonchev–Trinajstić information content (AvgIpc) is 3.13. The molecule has 1 fully saturated rings. The van der Waals surface area contributed by atoms with Crippen molar-refractivity contribution in [2.45, 2.75) is 11.7 Å². The van der Waals surface area contributed by atoms with E-state index in [1.807, 2.05) is 11.8 Å². The molecule has 0 aliphatic carbocycles. The van der Waals surface area contributed by atoms with Crippen molar-refractivity contribution in [3.63, 3.8) is 0 Å². The molecule has 1 saturated heterocycles. The molecule has 0 N–H and O–H groups in total. The van der Waals surface area contributed by atoms with E-state index in [9.17, 15) is 0 Å². The predicted molar refractivity (Wildman–Crippen MR) is 107 cm³/mol. The zero-order valence-electron chi connectivity index (χ0n) is 14.3. The molecule has 0 aromatic heterocycles. The Kier molecular flexibility index (Phi) is 5.24. The van der Waals surface area contributed by atoms with E-state index in [1.54, 1.807) is 0 Å². The van der Waals surface area contributed by atoms with Gasteiger partial charge in [-0.05, 0) is 23.4 Å². The fourth-order valence-electron chi connectivity index (χ4n) is 3.30. The summed E-state index contributed by atoms with van der Waals surface area (Å²) in [6.07, 6.45) is 1.12. The van der Waals surface area contributed by atoms with E-state index in [-0.39, 0.29) is 0 Å². The SMILES string of the molecule is c1ccc(CCN2CSC(COc3cccc4ccccc34)C2)cc1. The smallest absolute Gasteiger partial charge is 0.127 e. The topological polar surface area (TPSA) is 12.5 Å². The first-order chi connectivity index (χ1) is 12.4. The van der Waals surface area contributed by atoms with E-state index < -0.39 is 0 Å². The number of hydrogen-bond acceptors (Lipinski definition) is 3. The van der Waals surface area contributed by atoms with Crippen molar-refractivity contribution in [3.8, 4) is 5.75 Å². The number of rotatable bonds is 6. The van der Waals surface area contributed by atoms with Gasteiger partial charge in [0.15, 0.2) is 0 Å². The van der Waals surface area contributed by atoms with Gasteiger partial charge in [0.05, 0.1) is 5.25 Å². The van der Waals surface area contributed by atoms with Crippen LogP contribution >= 0.6 is 11.8 Å². The molecule has 0 amide bonds. The monoisotopic (exact) mass is 349 g/mol. The van der Waals surface area contributed by atoms with Gasteiger partial charge in [-0.1, -0.05) is 66.7 Å². The fraction of sp³-hybridized carbons (Fsp3) is 0.273. The minimum Gasteiger partial charge on any atom is -0.492 e. The number of hydrogen-bond donors (Lipinski definition) is 0. The lowest BCUT2D eigenvalue weighted by Gasteiger charge is -2.16. The molecule has 0 radical (unpaired) electrons. The van der Waals surface area contributed by atoms with Gasteiger partial charge in [0.1, 0.15) is 12.4 Å². The highest BCUT2D eigenvalue weighted by molar-refractivity contribution is 8.00. The lowest BCUT2D eigenvalue weighted by atomic mass is 10.1. The molecular weight excluding hydrogens is 326 g/mol. The molecule has 1 atom stereocenters. The summed E-state index contributed by atoms with van der Waals surface area (Å²) in [6.45, 7) is 3.02. The summed E-state index contributed by atoms with van der Waals surface area (Å²) >= 11 is 2.01. The van der Waals surface area contributed by atoms with Crippen LogP contribution in [-0.2, 0) is 6.42 Å². The largest absolute Gasteiger partial charge is 0.492 e. The van der Waals surface area contributed by atoms with Crippen molar-refractivity contribution in [1.82, 2.24) is 4.90 Å². The van der Waals surface area contributed by atoms with Gasteiger partial charge in [0, 0.05) is 24.4 Å². The quantitative estimate of drug-likeness (QED) is 0.632. The Morgan fingerprint density at radius 2 is 1.72 bits per heavy atom. The second-order valence-electron chi connectivity index (χ2n) is 6.52. The van der Waals surface area contributed by atoms with E-state index in [0.717, 1.165) is 37.7 Å². The molecule has 3 aromatic carbocycles. The van der Waals surface area contributed by atoms with Crippen molar-refractivity contribution >= 4 is 22.5 Å². The minimum atomic E-state index is 0.551. The summed E-state index contributed by atoms with van der Waals surface area (Å²) in [6, 6.07) is 25.5. The fourth-order valence-corrected chi connectivity index (χ4v) is 4.43. The zero-order chi connectivity index (χ0) is 16.9. The first kappa shape index (κ1) is 16.5. The third-order valence-electron chi connectivity index (χ3n) is 4.69. The van der Waals surface area contributed by atoms with Crippen molar-refractivity contribution in [2.24, 2.45) is 0 Å². The van der Waals surface area contributed by atoms with Crippen LogP contribution in [0.15, 0.2) is 72.8 Å². The van der Waals surface area contributed by atoms with Gasteiger partial charge in [0.2, 0.25) is 0 Å². The van der Waals surface area contributed by atoms with Gasteiger partial charge in [-0.15, -0.1) is 11.8 Å². The second kappa shape index (κ2) is 7.94. The molecule has 0 saturated carbocycles. The molecule has 0 spiro atoms. The van der Waals surface area contributed by atoms with Crippen molar-refractivity contribution in [2.75, 3.05) is 25.6 Å². The normalized spacial score (nSPS) is 17.8. The van der Waals surface area contributed by atoms with Crippen LogP contribution < -0.4 is 4.74 Å². The van der Waals surface area contributed by atoms with Crippen LogP contribution in [0.4, 0.5) is 0 Å². The summed E-state index contributed by atoms with van der Waals surface area (Å²) in [5.41, 5.74) is 1.42. The van der Waals surface area contributed by atoms with Crippen LogP contribution in [0.5, 0.6) is 5.75 Å². The van der Waals surface area contributed by atoms with Gasteiger partial charge in [0.25, 0.3) is 0 Å². The third kappa shape index (κ3) is 4.17. The Balaban J connectivity index is 1.29. The highest BCUT2D eigenvalue weighted by Gasteiger charge is 2.23. The van der Waals surface area contributed by atoms with Crippen LogP contribution in [0.2, 0.25) is 0 Å². The minimum absolute atomic E-state index is 0.551. The Hall–Kier alpha value is -1.97. The molecule has 128 valence electrons. The first-order valence-corrected chi connectivity index (χ1v) is 9.92.